The molecule has 1 aliphatic rings. The number of carboxylic acid groups (broad SMARTS) is 1. The van der Waals surface area contributed by atoms with Crippen molar-refractivity contribution in [2.24, 2.45) is 5.41 Å². The summed E-state index contributed by atoms with van der Waals surface area (Å²) in [6.45, 7) is 6.89. The molecule has 1 saturated heterocycles. The first kappa shape index (κ1) is 21.2. The Morgan fingerprint density at radius 3 is 2.59 bits per heavy atom. The lowest BCUT2D eigenvalue weighted by atomic mass is 9.72. The van der Waals surface area contributed by atoms with E-state index in [9.17, 15) is 9.90 Å². The Hall–Kier alpha value is -2.55. The zero-order chi connectivity index (χ0) is 21.2. The van der Waals surface area contributed by atoms with Crippen molar-refractivity contribution in [1.29, 1.82) is 0 Å². The van der Waals surface area contributed by atoms with Gasteiger partial charge in [-0.15, -0.1) is 10.2 Å². The van der Waals surface area contributed by atoms with Crippen molar-refractivity contribution >= 4 is 17.4 Å². The molecule has 1 aromatic carbocycles. The van der Waals surface area contributed by atoms with Gasteiger partial charge in [-0.25, -0.2) is 4.79 Å². The first-order chi connectivity index (χ1) is 13.7. The fraction of sp³-hybridized carbons (Fsp3) is 0.550. The Bertz CT molecular complexity index is 879. The summed E-state index contributed by atoms with van der Waals surface area (Å²) in [6.07, 6.45) is 0.616. The van der Waals surface area contributed by atoms with Crippen molar-refractivity contribution in [3.05, 3.63) is 28.2 Å². The van der Waals surface area contributed by atoms with Crippen LogP contribution in [0.5, 0.6) is 17.2 Å². The predicted octanol–water partition coefficient (Wildman–Crippen LogP) is 4.15. The molecule has 1 N–H and O–H groups in total. The summed E-state index contributed by atoms with van der Waals surface area (Å²) < 4.78 is 16.4. The van der Waals surface area contributed by atoms with E-state index in [-0.39, 0.29) is 12.0 Å². The largest absolute Gasteiger partial charge is 0.493 e. The van der Waals surface area contributed by atoms with Crippen LogP contribution in [0, 0.1) is 5.41 Å². The van der Waals surface area contributed by atoms with Gasteiger partial charge < -0.3 is 19.3 Å². The summed E-state index contributed by atoms with van der Waals surface area (Å²) >= 11 is 1.41. The van der Waals surface area contributed by atoms with Crippen molar-refractivity contribution in [2.45, 2.75) is 45.8 Å². The molecule has 1 fully saturated rings. The highest BCUT2D eigenvalue weighted by atomic mass is 32.1. The Balaban J connectivity index is 1.82. The van der Waals surface area contributed by atoms with E-state index >= 15 is 0 Å². The molecule has 3 rings (SSSR count). The van der Waals surface area contributed by atoms with Crippen LogP contribution in [0.15, 0.2) is 18.2 Å². The van der Waals surface area contributed by atoms with Crippen molar-refractivity contribution in [3.63, 3.8) is 0 Å². The van der Waals surface area contributed by atoms with E-state index in [2.05, 4.69) is 31.0 Å². The molecule has 0 aliphatic carbocycles. The number of nitrogens with zero attached hydrogens (tertiary/aromatic N) is 3. The topological polar surface area (TPSA) is 94.0 Å². The van der Waals surface area contributed by atoms with Gasteiger partial charge in [0.2, 0.25) is 0 Å². The van der Waals surface area contributed by atoms with Gasteiger partial charge in [-0.3, -0.25) is 4.90 Å². The molecule has 2 heterocycles. The van der Waals surface area contributed by atoms with Gasteiger partial charge in [-0.1, -0.05) is 32.1 Å². The first-order valence-corrected chi connectivity index (χ1v) is 10.2. The normalized spacial score (nSPS) is 19.3. The van der Waals surface area contributed by atoms with Crippen LogP contribution < -0.4 is 14.2 Å². The molecule has 29 heavy (non-hydrogen) atoms. The van der Waals surface area contributed by atoms with Crippen molar-refractivity contribution in [3.8, 4) is 17.2 Å². The number of aromatic nitrogens is 2. The Morgan fingerprint density at radius 1 is 1.24 bits per heavy atom. The Kier molecular flexibility index (Phi) is 5.88. The van der Waals surface area contributed by atoms with E-state index in [0.29, 0.717) is 28.8 Å². The predicted molar refractivity (Wildman–Crippen MR) is 109 cm³/mol. The third-order valence-electron chi connectivity index (χ3n) is 5.39. The minimum atomic E-state index is -0.921. The van der Waals surface area contributed by atoms with E-state index in [1.165, 1.54) is 16.2 Å². The number of hydrogen-bond acceptors (Lipinski definition) is 7. The van der Waals surface area contributed by atoms with Crippen molar-refractivity contribution < 1.29 is 24.1 Å². The SMILES string of the molecule is COc1ccc(OCc2nnc(C3(C(C)(C)C)CCCN3C(=O)O)s2)cc1OC. The number of carbonyl (C=O) groups is 1. The molecule has 1 aliphatic heterocycles. The Morgan fingerprint density at radius 2 is 1.97 bits per heavy atom. The molecule has 1 amide bonds. The van der Waals surface area contributed by atoms with E-state index in [4.69, 9.17) is 14.2 Å². The summed E-state index contributed by atoms with van der Waals surface area (Å²) in [4.78, 5) is 13.4. The first-order valence-electron chi connectivity index (χ1n) is 9.41. The third kappa shape index (κ3) is 3.83. The van der Waals surface area contributed by atoms with Crippen LogP contribution in [0.3, 0.4) is 0 Å². The maximum Gasteiger partial charge on any atom is 0.408 e. The maximum absolute atomic E-state index is 11.9. The monoisotopic (exact) mass is 421 g/mol. The van der Waals surface area contributed by atoms with E-state index in [0.717, 1.165) is 17.8 Å². The van der Waals surface area contributed by atoms with Gasteiger partial charge in [-0.2, -0.15) is 0 Å². The molecule has 8 nitrogen and oxygen atoms in total. The summed E-state index contributed by atoms with van der Waals surface area (Å²) in [5, 5.41) is 19.8. The second-order valence-corrected chi connectivity index (χ2v) is 9.02. The molecular weight excluding hydrogens is 394 g/mol. The summed E-state index contributed by atoms with van der Waals surface area (Å²) in [5.74, 6) is 1.83. The van der Waals surface area contributed by atoms with Gasteiger partial charge in [0.15, 0.2) is 16.5 Å². The number of likely N-dealkylation sites (tertiary alicyclic amines) is 1. The van der Waals surface area contributed by atoms with Gasteiger partial charge in [-0.05, 0) is 30.4 Å². The molecule has 2 aromatic rings. The zero-order valence-corrected chi connectivity index (χ0v) is 18.2. The number of ether oxygens (including phenoxy) is 3. The summed E-state index contributed by atoms with van der Waals surface area (Å²) in [6, 6.07) is 5.32. The number of methoxy groups -OCH3 is 2. The molecular formula is C20H27N3O5S. The summed E-state index contributed by atoms with van der Waals surface area (Å²) in [7, 11) is 3.15. The van der Waals surface area contributed by atoms with Gasteiger partial charge in [0.1, 0.15) is 22.9 Å². The molecule has 1 aromatic heterocycles. The van der Waals surface area contributed by atoms with E-state index in [1.807, 2.05) is 0 Å². The highest BCUT2D eigenvalue weighted by Crippen LogP contribution is 2.52. The quantitative estimate of drug-likeness (QED) is 0.749. The smallest absolute Gasteiger partial charge is 0.408 e. The molecule has 0 radical (unpaired) electrons. The lowest BCUT2D eigenvalue weighted by Gasteiger charge is -2.45. The minimum absolute atomic E-state index is 0.237. The maximum atomic E-state index is 11.9. The third-order valence-corrected chi connectivity index (χ3v) is 6.44. The lowest BCUT2D eigenvalue weighted by Crippen LogP contribution is -2.52. The molecule has 0 saturated carbocycles. The van der Waals surface area contributed by atoms with Gasteiger partial charge in [0.05, 0.1) is 14.2 Å². The van der Waals surface area contributed by atoms with Crippen LogP contribution in [-0.2, 0) is 12.1 Å². The number of benzene rings is 1. The van der Waals surface area contributed by atoms with Crippen LogP contribution in [0.1, 0.15) is 43.6 Å². The zero-order valence-electron chi connectivity index (χ0n) is 17.4. The standard InChI is InChI=1S/C20H27N3O5S/c1-19(2,3)20(9-6-10-23(20)18(24)25)17-22-21-16(29-17)12-28-13-7-8-14(26-4)15(11-13)27-5/h7-8,11H,6,9-10,12H2,1-5H3,(H,24,25). The van der Waals surface area contributed by atoms with Gasteiger partial charge >= 0.3 is 6.09 Å². The van der Waals surface area contributed by atoms with Crippen LogP contribution >= 0.6 is 11.3 Å². The van der Waals surface area contributed by atoms with Gasteiger partial charge in [0.25, 0.3) is 0 Å². The summed E-state index contributed by atoms with van der Waals surface area (Å²) in [5.41, 5.74) is -0.999. The average Bonchev–Trinajstić information content (AvgIpc) is 3.33. The second kappa shape index (κ2) is 8.06. The highest BCUT2D eigenvalue weighted by molar-refractivity contribution is 7.11. The average molecular weight is 422 g/mol. The number of rotatable bonds is 6. The van der Waals surface area contributed by atoms with Crippen LogP contribution in [0.25, 0.3) is 0 Å². The molecule has 1 unspecified atom stereocenters. The highest BCUT2D eigenvalue weighted by Gasteiger charge is 2.55. The molecule has 158 valence electrons. The van der Waals surface area contributed by atoms with Crippen molar-refractivity contribution in [1.82, 2.24) is 15.1 Å². The lowest BCUT2D eigenvalue weighted by molar-refractivity contribution is 0.0270. The molecule has 0 bridgehead atoms. The minimum Gasteiger partial charge on any atom is -0.493 e. The number of hydrogen-bond donors (Lipinski definition) is 1. The Labute approximate surface area is 174 Å². The van der Waals surface area contributed by atoms with E-state index in [1.54, 1.807) is 32.4 Å². The van der Waals surface area contributed by atoms with Crippen molar-refractivity contribution in [2.75, 3.05) is 20.8 Å². The van der Waals surface area contributed by atoms with Crippen LogP contribution in [0.2, 0.25) is 0 Å². The second-order valence-electron chi connectivity index (χ2n) is 7.95. The molecule has 1 atom stereocenters. The fourth-order valence-corrected chi connectivity index (χ4v) is 5.12. The number of amides is 1. The fourth-order valence-electron chi connectivity index (χ4n) is 3.93. The van der Waals surface area contributed by atoms with Crippen LogP contribution in [0.4, 0.5) is 4.79 Å². The van der Waals surface area contributed by atoms with Crippen LogP contribution in [-0.4, -0.2) is 47.1 Å². The van der Waals surface area contributed by atoms with Gasteiger partial charge in [0, 0.05) is 12.6 Å². The molecule has 0 spiro atoms. The van der Waals surface area contributed by atoms with E-state index < -0.39 is 11.6 Å². The molecule has 9 heteroatoms.